The number of nitrogens with one attached hydrogen (secondary N) is 1. The van der Waals surface area contributed by atoms with Gasteiger partial charge in [0.2, 0.25) is 10.0 Å². The van der Waals surface area contributed by atoms with Crippen LogP contribution in [0.5, 0.6) is 0 Å². The Morgan fingerprint density at radius 2 is 1.83 bits per heavy atom. The average molecular weight is 281 g/mol. The van der Waals surface area contributed by atoms with E-state index in [9.17, 15) is 8.42 Å². The Bertz CT molecular complexity index is 604. The predicted octanol–water partition coefficient (Wildman–Crippen LogP) is 2.60. The van der Waals surface area contributed by atoms with Crippen LogP contribution < -0.4 is 4.72 Å². The van der Waals surface area contributed by atoms with E-state index in [0.29, 0.717) is 5.69 Å². The summed E-state index contributed by atoms with van der Waals surface area (Å²) >= 11 is 0. The maximum Gasteiger partial charge on any atom is 0.229 e. The third kappa shape index (κ3) is 5.39. The van der Waals surface area contributed by atoms with Crippen molar-refractivity contribution in [3.8, 4) is 11.5 Å². The van der Waals surface area contributed by atoms with Gasteiger partial charge in [-0.2, -0.15) is 0 Å². The van der Waals surface area contributed by atoms with Gasteiger partial charge in [-0.3, -0.25) is 4.72 Å². The summed E-state index contributed by atoms with van der Waals surface area (Å²) in [6.45, 7) is 8.50. The predicted molar refractivity (Wildman–Crippen MR) is 79.9 cm³/mol. The molecule has 0 spiro atoms. The van der Waals surface area contributed by atoms with Crippen molar-refractivity contribution >= 4 is 23.8 Å². The molecule has 0 atom stereocenters. The van der Waals surface area contributed by atoms with Crippen molar-refractivity contribution in [2.45, 2.75) is 26.6 Å². The zero-order chi connectivity index (χ0) is 14.0. The minimum Gasteiger partial charge on any atom is -0.284 e. The van der Waals surface area contributed by atoms with Crippen LogP contribution in [0.25, 0.3) is 0 Å². The SMILES string of the molecule is Cc1cc(NS(C)(=O)=O)ccc1C#C[Si](C)(C)C. The topological polar surface area (TPSA) is 46.2 Å². The first-order valence-corrected chi connectivity index (χ1v) is 11.1. The second-order valence-corrected chi connectivity index (χ2v) is 11.9. The molecule has 0 fully saturated rings. The summed E-state index contributed by atoms with van der Waals surface area (Å²) in [5, 5.41) is 0. The van der Waals surface area contributed by atoms with Crippen LogP contribution in [-0.2, 0) is 10.0 Å². The second kappa shape index (κ2) is 5.17. The first-order valence-electron chi connectivity index (χ1n) is 5.68. The summed E-state index contributed by atoms with van der Waals surface area (Å²) in [6, 6.07) is 5.40. The molecule has 3 nitrogen and oxygen atoms in total. The Morgan fingerprint density at radius 1 is 1.22 bits per heavy atom. The van der Waals surface area contributed by atoms with E-state index in [-0.39, 0.29) is 0 Å². The molecule has 0 saturated heterocycles. The molecule has 18 heavy (non-hydrogen) atoms. The van der Waals surface area contributed by atoms with E-state index in [1.807, 2.05) is 13.0 Å². The lowest BCUT2D eigenvalue weighted by Crippen LogP contribution is -2.16. The molecule has 0 saturated carbocycles. The molecule has 0 amide bonds. The van der Waals surface area contributed by atoms with Crippen molar-refractivity contribution in [2.75, 3.05) is 11.0 Å². The highest BCUT2D eigenvalue weighted by Gasteiger charge is 2.08. The zero-order valence-corrected chi connectivity index (χ0v) is 13.3. The summed E-state index contributed by atoms with van der Waals surface area (Å²) in [6.07, 6.45) is 1.14. The van der Waals surface area contributed by atoms with Crippen molar-refractivity contribution in [3.63, 3.8) is 0 Å². The molecule has 1 aromatic carbocycles. The van der Waals surface area contributed by atoms with Crippen LogP contribution in [0.15, 0.2) is 18.2 Å². The Balaban J connectivity index is 3.03. The molecule has 0 bridgehead atoms. The van der Waals surface area contributed by atoms with E-state index < -0.39 is 18.1 Å². The number of sulfonamides is 1. The number of rotatable bonds is 2. The monoisotopic (exact) mass is 281 g/mol. The van der Waals surface area contributed by atoms with E-state index in [2.05, 4.69) is 35.8 Å². The third-order valence-electron chi connectivity index (χ3n) is 2.10. The van der Waals surface area contributed by atoms with Gasteiger partial charge in [-0.15, -0.1) is 5.54 Å². The molecular formula is C13H19NO2SSi. The van der Waals surface area contributed by atoms with Crippen LogP contribution in [0.3, 0.4) is 0 Å². The molecule has 1 aromatic rings. The molecule has 0 radical (unpaired) electrons. The first-order chi connectivity index (χ1) is 8.07. The lowest BCUT2D eigenvalue weighted by molar-refractivity contribution is 0.607. The number of hydrogen-bond donors (Lipinski definition) is 1. The van der Waals surface area contributed by atoms with Crippen molar-refractivity contribution < 1.29 is 8.42 Å². The fourth-order valence-electron chi connectivity index (χ4n) is 1.34. The van der Waals surface area contributed by atoms with E-state index in [4.69, 9.17) is 0 Å². The van der Waals surface area contributed by atoms with Crippen LogP contribution in [0, 0.1) is 18.4 Å². The molecular weight excluding hydrogens is 262 g/mol. The van der Waals surface area contributed by atoms with Crippen molar-refractivity contribution in [1.82, 2.24) is 0 Å². The fraction of sp³-hybridized carbons (Fsp3) is 0.385. The molecule has 1 N–H and O–H groups in total. The van der Waals surface area contributed by atoms with Crippen LogP contribution >= 0.6 is 0 Å². The van der Waals surface area contributed by atoms with Gasteiger partial charge in [0, 0.05) is 11.3 Å². The smallest absolute Gasteiger partial charge is 0.229 e. The van der Waals surface area contributed by atoms with E-state index in [1.165, 1.54) is 0 Å². The van der Waals surface area contributed by atoms with Crippen LogP contribution in [0.1, 0.15) is 11.1 Å². The van der Waals surface area contributed by atoms with E-state index in [0.717, 1.165) is 17.4 Å². The number of hydrogen-bond acceptors (Lipinski definition) is 2. The summed E-state index contributed by atoms with van der Waals surface area (Å²) < 4.78 is 24.7. The standard InChI is InChI=1S/C13H19NO2SSi/c1-11-10-13(14-17(2,15)16)7-6-12(11)8-9-18(3,4)5/h6-7,10,14H,1-5H3. The van der Waals surface area contributed by atoms with Gasteiger partial charge in [-0.1, -0.05) is 25.6 Å². The van der Waals surface area contributed by atoms with Gasteiger partial charge in [-0.25, -0.2) is 8.42 Å². The van der Waals surface area contributed by atoms with Gasteiger partial charge in [0.1, 0.15) is 8.07 Å². The molecule has 0 unspecified atom stereocenters. The zero-order valence-electron chi connectivity index (χ0n) is 11.5. The minimum atomic E-state index is -3.22. The largest absolute Gasteiger partial charge is 0.284 e. The lowest BCUT2D eigenvalue weighted by Gasteiger charge is -2.07. The number of aryl methyl sites for hydroxylation is 1. The summed E-state index contributed by atoms with van der Waals surface area (Å²) in [5.41, 5.74) is 5.81. The maximum absolute atomic E-state index is 11.1. The molecule has 0 aliphatic carbocycles. The van der Waals surface area contributed by atoms with Crippen LogP contribution in [0.4, 0.5) is 5.69 Å². The molecule has 98 valence electrons. The Morgan fingerprint density at radius 3 is 2.28 bits per heavy atom. The molecule has 0 aliphatic rings. The first kappa shape index (κ1) is 14.8. The molecule has 0 heterocycles. The Hall–Kier alpha value is -1.25. The van der Waals surface area contributed by atoms with Crippen molar-refractivity contribution in [2.24, 2.45) is 0 Å². The quantitative estimate of drug-likeness (QED) is 0.669. The van der Waals surface area contributed by atoms with E-state index >= 15 is 0 Å². The summed E-state index contributed by atoms with van der Waals surface area (Å²) in [4.78, 5) is 0. The Kier molecular flexibility index (Phi) is 4.25. The molecule has 0 aliphatic heterocycles. The highest BCUT2D eigenvalue weighted by molar-refractivity contribution is 7.92. The average Bonchev–Trinajstić information content (AvgIpc) is 2.12. The van der Waals surface area contributed by atoms with Crippen LogP contribution in [-0.4, -0.2) is 22.7 Å². The molecule has 1 rings (SSSR count). The maximum atomic E-state index is 11.1. The molecule has 5 heteroatoms. The lowest BCUT2D eigenvalue weighted by atomic mass is 10.1. The van der Waals surface area contributed by atoms with Crippen molar-refractivity contribution in [3.05, 3.63) is 29.3 Å². The Labute approximate surface area is 111 Å². The van der Waals surface area contributed by atoms with Gasteiger partial charge in [0.05, 0.1) is 6.26 Å². The van der Waals surface area contributed by atoms with Gasteiger partial charge < -0.3 is 0 Å². The van der Waals surface area contributed by atoms with Gasteiger partial charge in [-0.05, 0) is 30.7 Å². The van der Waals surface area contributed by atoms with Gasteiger partial charge in [0.25, 0.3) is 0 Å². The summed E-state index contributed by atoms with van der Waals surface area (Å²) in [7, 11) is -4.61. The normalized spacial score (nSPS) is 11.6. The minimum absolute atomic E-state index is 0.577. The number of benzene rings is 1. The number of anilines is 1. The third-order valence-corrected chi connectivity index (χ3v) is 3.58. The fourth-order valence-corrected chi connectivity index (χ4v) is 2.40. The van der Waals surface area contributed by atoms with Crippen LogP contribution in [0.2, 0.25) is 19.6 Å². The second-order valence-electron chi connectivity index (χ2n) is 5.40. The highest BCUT2D eigenvalue weighted by atomic mass is 32.2. The van der Waals surface area contributed by atoms with Gasteiger partial charge in [0.15, 0.2) is 0 Å². The highest BCUT2D eigenvalue weighted by Crippen LogP contribution is 2.15. The van der Waals surface area contributed by atoms with Crippen molar-refractivity contribution in [1.29, 1.82) is 0 Å². The van der Waals surface area contributed by atoms with Gasteiger partial charge >= 0.3 is 0 Å². The molecule has 0 aromatic heterocycles. The van der Waals surface area contributed by atoms with E-state index in [1.54, 1.807) is 12.1 Å². The summed E-state index contributed by atoms with van der Waals surface area (Å²) in [5.74, 6) is 3.18.